The van der Waals surface area contributed by atoms with Crippen molar-refractivity contribution in [2.75, 3.05) is 20.2 Å². The maximum atomic E-state index is 10.6. The lowest BCUT2D eigenvalue weighted by Crippen LogP contribution is -2.28. The van der Waals surface area contributed by atoms with Crippen molar-refractivity contribution in [3.63, 3.8) is 0 Å². The van der Waals surface area contributed by atoms with E-state index in [1.54, 1.807) is 7.11 Å². The summed E-state index contributed by atoms with van der Waals surface area (Å²) in [7, 11) is 1.67. The molecule has 0 fully saturated rings. The normalized spacial score (nSPS) is 12.4. The predicted octanol–water partition coefficient (Wildman–Crippen LogP) is 2.94. The molecule has 1 aromatic carbocycles. The van der Waals surface area contributed by atoms with Gasteiger partial charge < -0.3 is 9.84 Å². The van der Waals surface area contributed by atoms with E-state index >= 15 is 0 Å². The van der Waals surface area contributed by atoms with Crippen LogP contribution in [0.15, 0.2) is 24.3 Å². The summed E-state index contributed by atoms with van der Waals surface area (Å²) in [5, 5.41) is 8.70. The van der Waals surface area contributed by atoms with Gasteiger partial charge in [-0.25, -0.2) is 0 Å². The molecule has 0 unspecified atom stereocenters. The van der Waals surface area contributed by atoms with Crippen molar-refractivity contribution in [1.29, 1.82) is 0 Å². The van der Waals surface area contributed by atoms with Gasteiger partial charge in [0.2, 0.25) is 0 Å². The third kappa shape index (κ3) is 4.56. The van der Waals surface area contributed by atoms with Crippen molar-refractivity contribution >= 4 is 5.97 Å². The van der Waals surface area contributed by atoms with E-state index in [1.165, 1.54) is 0 Å². The molecule has 1 rings (SSSR count). The smallest absolute Gasteiger partial charge is 0.303 e. The maximum Gasteiger partial charge on any atom is 0.303 e. The third-order valence-corrected chi connectivity index (χ3v) is 3.38. The number of carboxylic acid groups (broad SMARTS) is 1. The largest absolute Gasteiger partial charge is 0.496 e. The summed E-state index contributed by atoms with van der Waals surface area (Å²) in [6, 6.07) is 8.19. The number of benzene rings is 1. The third-order valence-electron chi connectivity index (χ3n) is 3.38. The molecular weight excluding hydrogens is 242 g/mol. The Hall–Kier alpha value is -1.55. The zero-order valence-electron chi connectivity index (χ0n) is 11.9. The number of hydrogen-bond donors (Lipinski definition) is 1. The lowest BCUT2D eigenvalue weighted by Gasteiger charge is -2.29. The summed E-state index contributed by atoms with van der Waals surface area (Å²) in [6.45, 7) is 5.88. The first-order chi connectivity index (χ1) is 9.10. The monoisotopic (exact) mass is 265 g/mol. The summed E-state index contributed by atoms with van der Waals surface area (Å²) in [4.78, 5) is 12.8. The summed E-state index contributed by atoms with van der Waals surface area (Å²) in [5.74, 6) is 0.146. The van der Waals surface area contributed by atoms with Gasteiger partial charge in [-0.1, -0.05) is 25.1 Å². The molecule has 106 valence electrons. The lowest BCUT2D eigenvalue weighted by atomic mass is 10.1. The van der Waals surface area contributed by atoms with Crippen LogP contribution in [0.4, 0.5) is 0 Å². The Balaban J connectivity index is 2.71. The number of ether oxygens (including phenoxy) is 1. The van der Waals surface area contributed by atoms with Crippen LogP contribution in [-0.2, 0) is 4.79 Å². The van der Waals surface area contributed by atoms with Crippen molar-refractivity contribution in [2.24, 2.45) is 0 Å². The van der Waals surface area contributed by atoms with Crippen molar-refractivity contribution in [3.05, 3.63) is 29.8 Å². The van der Waals surface area contributed by atoms with Crippen molar-refractivity contribution < 1.29 is 14.6 Å². The van der Waals surface area contributed by atoms with Crippen LogP contribution in [0, 0.1) is 0 Å². The van der Waals surface area contributed by atoms with Crippen molar-refractivity contribution in [3.8, 4) is 5.75 Å². The number of carboxylic acids is 1. The predicted molar refractivity (Wildman–Crippen MR) is 75.5 cm³/mol. The van der Waals surface area contributed by atoms with E-state index in [0.29, 0.717) is 6.42 Å². The van der Waals surface area contributed by atoms with E-state index in [2.05, 4.69) is 24.8 Å². The topological polar surface area (TPSA) is 49.8 Å². The number of rotatable bonds is 8. The highest BCUT2D eigenvalue weighted by Crippen LogP contribution is 2.28. The fourth-order valence-electron chi connectivity index (χ4n) is 2.27. The molecule has 0 bridgehead atoms. The molecule has 19 heavy (non-hydrogen) atoms. The molecular formula is C15H23NO3. The van der Waals surface area contributed by atoms with Crippen LogP contribution < -0.4 is 4.74 Å². The van der Waals surface area contributed by atoms with Crippen LogP contribution in [-0.4, -0.2) is 36.2 Å². The molecule has 0 aromatic heterocycles. The van der Waals surface area contributed by atoms with E-state index in [4.69, 9.17) is 9.84 Å². The Kier molecular flexibility index (Phi) is 6.36. The first-order valence-corrected chi connectivity index (χ1v) is 6.68. The van der Waals surface area contributed by atoms with Crippen LogP contribution in [0.25, 0.3) is 0 Å². The average Bonchev–Trinajstić information content (AvgIpc) is 2.42. The van der Waals surface area contributed by atoms with Gasteiger partial charge >= 0.3 is 5.97 Å². The van der Waals surface area contributed by atoms with Crippen LogP contribution >= 0.6 is 0 Å². The molecule has 0 aliphatic rings. The van der Waals surface area contributed by atoms with Crippen LogP contribution in [0.5, 0.6) is 5.75 Å². The SMILES string of the molecule is CCN(CCCC(=O)O)[C@@H](C)c1ccccc1OC. The zero-order valence-corrected chi connectivity index (χ0v) is 11.9. The lowest BCUT2D eigenvalue weighted by molar-refractivity contribution is -0.137. The van der Waals surface area contributed by atoms with Gasteiger partial charge in [0, 0.05) is 18.0 Å². The van der Waals surface area contributed by atoms with Gasteiger partial charge in [-0.3, -0.25) is 9.69 Å². The molecule has 4 nitrogen and oxygen atoms in total. The number of carbonyl (C=O) groups is 1. The number of methoxy groups -OCH3 is 1. The van der Waals surface area contributed by atoms with E-state index in [9.17, 15) is 4.79 Å². The molecule has 0 saturated carbocycles. The molecule has 0 aliphatic heterocycles. The van der Waals surface area contributed by atoms with Crippen LogP contribution in [0.3, 0.4) is 0 Å². The molecule has 0 radical (unpaired) electrons. The van der Waals surface area contributed by atoms with Crippen molar-refractivity contribution in [2.45, 2.75) is 32.7 Å². The van der Waals surface area contributed by atoms with E-state index in [0.717, 1.165) is 24.4 Å². The summed E-state index contributed by atoms with van der Waals surface area (Å²) >= 11 is 0. The zero-order chi connectivity index (χ0) is 14.3. The van der Waals surface area contributed by atoms with Crippen molar-refractivity contribution in [1.82, 2.24) is 4.90 Å². The molecule has 1 N–H and O–H groups in total. The molecule has 0 amide bonds. The number of para-hydroxylation sites is 1. The van der Waals surface area contributed by atoms with E-state index < -0.39 is 5.97 Å². The first-order valence-electron chi connectivity index (χ1n) is 6.68. The second-order valence-electron chi connectivity index (χ2n) is 4.54. The molecule has 0 heterocycles. The minimum atomic E-state index is -0.735. The molecule has 4 heteroatoms. The highest BCUT2D eigenvalue weighted by molar-refractivity contribution is 5.66. The average molecular weight is 265 g/mol. The second-order valence-corrected chi connectivity index (χ2v) is 4.54. The number of aliphatic carboxylic acids is 1. The minimum Gasteiger partial charge on any atom is -0.496 e. The Morgan fingerprint density at radius 2 is 2.11 bits per heavy atom. The highest BCUT2D eigenvalue weighted by atomic mass is 16.5. The molecule has 1 aromatic rings. The Morgan fingerprint density at radius 3 is 2.68 bits per heavy atom. The standard InChI is InChI=1S/C15H23NO3/c1-4-16(11-7-10-15(17)18)12(2)13-8-5-6-9-14(13)19-3/h5-6,8-9,12H,4,7,10-11H2,1-3H3,(H,17,18)/t12-/m0/s1. The molecule has 0 spiro atoms. The van der Waals surface area contributed by atoms with E-state index in [1.807, 2.05) is 18.2 Å². The number of hydrogen-bond acceptors (Lipinski definition) is 3. The number of nitrogens with zero attached hydrogens (tertiary/aromatic N) is 1. The fourth-order valence-corrected chi connectivity index (χ4v) is 2.27. The van der Waals surface area contributed by atoms with Gasteiger partial charge in [0.25, 0.3) is 0 Å². The second kappa shape index (κ2) is 7.79. The quantitative estimate of drug-likeness (QED) is 0.785. The van der Waals surface area contributed by atoms with Gasteiger partial charge in [0.05, 0.1) is 7.11 Å². The molecule has 1 atom stereocenters. The summed E-state index contributed by atoms with van der Waals surface area (Å²) < 4.78 is 5.38. The highest BCUT2D eigenvalue weighted by Gasteiger charge is 2.17. The first kappa shape index (κ1) is 15.5. The summed E-state index contributed by atoms with van der Waals surface area (Å²) in [6.07, 6.45) is 0.887. The molecule has 0 saturated heterocycles. The minimum absolute atomic E-state index is 0.217. The van der Waals surface area contributed by atoms with Crippen LogP contribution in [0.1, 0.15) is 38.3 Å². The van der Waals surface area contributed by atoms with Gasteiger partial charge in [-0.05, 0) is 32.5 Å². The Morgan fingerprint density at radius 1 is 1.42 bits per heavy atom. The summed E-state index contributed by atoms with van der Waals surface area (Å²) in [5.41, 5.74) is 1.14. The Labute approximate surface area is 115 Å². The van der Waals surface area contributed by atoms with Gasteiger partial charge in [-0.15, -0.1) is 0 Å². The van der Waals surface area contributed by atoms with Gasteiger partial charge in [-0.2, -0.15) is 0 Å². The van der Waals surface area contributed by atoms with Crippen LogP contribution in [0.2, 0.25) is 0 Å². The van der Waals surface area contributed by atoms with Gasteiger partial charge in [0.15, 0.2) is 0 Å². The molecule has 0 aliphatic carbocycles. The van der Waals surface area contributed by atoms with Gasteiger partial charge in [0.1, 0.15) is 5.75 Å². The maximum absolute atomic E-state index is 10.6. The Bertz CT molecular complexity index is 406. The van der Waals surface area contributed by atoms with E-state index in [-0.39, 0.29) is 12.5 Å². The fraction of sp³-hybridized carbons (Fsp3) is 0.533.